The molecule has 0 radical (unpaired) electrons. The van der Waals surface area contributed by atoms with Crippen molar-refractivity contribution in [3.63, 3.8) is 0 Å². The van der Waals surface area contributed by atoms with Gasteiger partial charge in [-0.15, -0.1) is 0 Å². The zero-order chi connectivity index (χ0) is 13.0. The first-order chi connectivity index (χ1) is 8.69. The van der Waals surface area contributed by atoms with Crippen LogP contribution in [0.2, 0.25) is 5.02 Å². The number of rotatable bonds is 5. The van der Waals surface area contributed by atoms with E-state index in [2.05, 4.69) is 10.1 Å². The van der Waals surface area contributed by atoms with Gasteiger partial charge < -0.3 is 15.0 Å². The number of hydrogen-bond donors (Lipinski definition) is 1. The van der Waals surface area contributed by atoms with Gasteiger partial charge in [-0.05, 0) is 17.7 Å². The van der Waals surface area contributed by atoms with Crippen molar-refractivity contribution in [2.45, 2.75) is 12.5 Å². The maximum atomic E-state index is 5.81. The maximum absolute atomic E-state index is 5.81. The van der Waals surface area contributed by atoms with Crippen LogP contribution in [0.3, 0.4) is 0 Å². The summed E-state index contributed by atoms with van der Waals surface area (Å²) in [6.07, 6.45) is 0.559. The van der Waals surface area contributed by atoms with Gasteiger partial charge in [0.15, 0.2) is 5.82 Å². The van der Waals surface area contributed by atoms with E-state index in [0.717, 1.165) is 5.56 Å². The van der Waals surface area contributed by atoms with E-state index in [0.29, 0.717) is 29.8 Å². The van der Waals surface area contributed by atoms with Crippen LogP contribution in [0.25, 0.3) is 0 Å². The molecule has 6 heteroatoms. The highest BCUT2D eigenvalue weighted by atomic mass is 35.5. The first-order valence-electron chi connectivity index (χ1n) is 5.50. The second-order valence-corrected chi connectivity index (χ2v) is 4.35. The van der Waals surface area contributed by atoms with E-state index >= 15 is 0 Å². The normalized spacial score (nSPS) is 12.6. The van der Waals surface area contributed by atoms with Gasteiger partial charge >= 0.3 is 0 Å². The van der Waals surface area contributed by atoms with Crippen LogP contribution in [-0.2, 0) is 11.2 Å². The van der Waals surface area contributed by atoms with Crippen LogP contribution in [0.5, 0.6) is 0 Å². The summed E-state index contributed by atoms with van der Waals surface area (Å²) in [5.41, 5.74) is 6.86. The standard InChI is InChI=1S/C12H14ClN3O2/c1-17-7-10(14)12-15-11(18-16-12)6-8-2-4-9(13)5-3-8/h2-5,10H,6-7,14H2,1H3. The summed E-state index contributed by atoms with van der Waals surface area (Å²) in [6.45, 7) is 0.361. The summed E-state index contributed by atoms with van der Waals surface area (Å²) in [5, 5.41) is 4.53. The van der Waals surface area contributed by atoms with Crippen LogP contribution >= 0.6 is 11.6 Å². The summed E-state index contributed by atoms with van der Waals surface area (Å²) < 4.78 is 10.1. The van der Waals surface area contributed by atoms with E-state index in [4.69, 9.17) is 26.6 Å². The molecule has 96 valence electrons. The third-order valence-electron chi connectivity index (χ3n) is 2.43. The Hall–Kier alpha value is -1.43. The number of aromatic nitrogens is 2. The molecule has 0 spiro atoms. The molecule has 0 saturated heterocycles. The van der Waals surface area contributed by atoms with Gasteiger partial charge in [0.25, 0.3) is 0 Å². The summed E-state index contributed by atoms with van der Waals surface area (Å²) in [5.74, 6) is 0.986. The number of nitrogens with zero attached hydrogens (tertiary/aromatic N) is 2. The lowest BCUT2D eigenvalue weighted by Crippen LogP contribution is -2.17. The predicted octanol–water partition coefficient (Wildman–Crippen LogP) is 1.96. The minimum atomic E-state index is -0.363. The van der Waals surface area contributed by atoms with Crippen molar-refractivity contribution in [3.05, 3.63) is 46.6 Å². The van der Waals surface area contributed by atoms with Crippen molar-refractivity contribution in [1.82, 2.24) is 10.1 Å². The molecular formula is C12H14ClN3O2. The Morgan fingerprint density at radius 2 is 2.11 bits per heavy atom. The fourth-order valence-corrected chi connectivity index (χ4v) is 1.65. The maximum Gasteiger partial charge on any atom is 0.231 e. The highest BCUT2D eigenvalue weighted by Crippen LogP contribution is 2.14. The Bertz CT molecular complexity index is 498. The second kappa shape index (κ2) is 5.95. The van der Waals surface area contributed by atoms with Gasteiger partial charge in [-0.1, -0.05) is 28.9 Å². The quantitative estimate of drug-likeness (QED) is 0.896. The predicted molar refractivity (Wildman–Crippen MR) is 67.4 cm³/mol. The van der Waals surface area contributed by atoms with Crippen molar-refractivity contribution in [3.8, 4) is 0 Å². The number of benzene rings is 1. The number of methoxy groups -OCH3 is 1. The summed E-state index contributed by atoms with van der Waals surface area (Å²) in [6, 6.07) is 7.12. The number of ether oxygens (including phenoxy) is 1. The van der Waals surface area contributed by atoms with E-state index in [1.807, 2.05) is 24.3 Å². The Balaban J connectivity index is 2.04. The largest absolute Gasteiger partial charge is 0.383 e. The van der Waals surface area contributed by atoms with Crippen LogP contribution in [0.4, 0.5) is 0 Å². The van der Waals surface area contributed by atoms with Gasteiger partial charge in [-0.3, -0.25) is 0 Å². The van der Waals surface area contributed by atoms with Gasteiger partial charge in [-0.25, -0.2) is 0 Å². The molecule has 0 aliphatic heterocycles. The van der Waals surface area contributed by atoms with Crippen molar-refractivity contribution in [2.24, 2.45) is 5.73 Å². The number of hydrogen-bond acceptors (Lipinski definition) is 5. The Morgan fingerprint density at radius 1 is 1.39 bits per heavy atom. The molecule has 2 aromatic rings. The van der Waals surface area contributed by atoms with Crippen LogP contribution in [0, 0.1) is 0 Å². The average Bonchev–Trinajstić information content (AvgIpc) is 2.81. The Labute approximate surface area is 110 Å². The summed E-state index contributed by atoms with van der Waals surface area (Å²) in [7, 11) is 1.58. The molecule has 1 aromatic heterocycles. The van der Waals surface area contributed by atoms with E-state index < -0.39 is 0 Å². The van der Waals surface area contributed by atoms with Crippen molar-refractivity contribution >= 4 is 11.6 Å². The first-order valence-corrected chi connectivity index (χ1v) is 5.88. The molecular weight excluding hydrogens is 254 g/mol. The summed E-state index contributed by atoms with van der Waals surface area (Å²) in [4.78, 5) is 4.23. The Morgan fingerprint density at radius 3 is 2.78 bits per heavy atom. The molecule has 1 aromatic carbocycles. The smallest absolute Gasteiger partial charge is 0.231 e. The van der Waals surface area contributed by atoms with Gasteiger partial charge in [-0.2, -0.15) is 4.98 Å². The van der Waals surface area contributed by atoms with Crippen LogP contribution < -0.4 is 5.73 Å². The van der Waals surface area contributed by atoms with Crippen LogP contribution in [0.15, 0.2) is 28.8 Å². The molecule has 1 heterocycles. The molecule has 0 bridgehead atoms. The highest BCUT2D eigenvalue weighted by Gasteiger charge is 2.14. The number of nitrogens with two attached hydrogens (primary N) is 1. The molecule has 0 saturated carbocycles. The fourth-order valence-electron chi connectivity index (χ4n) is 1.52. The molecule has 2 rings (SSSR count). The molecule has 18 heavy (non-hydrogen) atoms. The van der Waals surface area contributed by atoms with Gasteiger partial charge in [0, 0.05) is 12.1 Å². The Kier molecular flexibility index (Phi) is 4.30. The van der Waals surface area contributed by atoms with E-state index in [1.165, 1.54) is 0 Å². The minimum Gasteiger partial charge on any atom is -0.383 e. The molecule has 5 nitrogen and oxygen atoms in total. The van der Waals surface area contributed by atoms with Crippen molar-refractivity contribution < 1.29 is 9.26 Å². The SMILES string of the molecule is COCC(N)c1noc(Cc2ccc(Cl)cc2)n1. The number of halogens is 1. The van der Waals surface area contributed by atoms with Crippen molar-refractivity contribution in [2.75, 3.05) is 13.7 Å². The second-order valence-electron chi connectivity index (χ2n) is 3.91. The molecule has 0 aliphatic carbocycles. The van der Waals surface area contributed by atoms with E-state index in [-0.39, 0.29) is 6.04 Å². The van der Waals surface area contributed by atoms with Crippen molar-refractivity contribution in [1.29, 1.82) is 0 Å². The average molecular weight is 268 g/mol. The first kappa shape index (κ1) is 13.0. The molecule has 2 N–H and O–H groups in total. The van der Waals surface area contributed by atoms with Gasteiger partial charge in [0.05, 0.1) is 19.1 Å². The van der Waals surface area contributed by atoms with Crippen LogP contribution in [0.1, 0.15) is 23.3 Å². The molecule has 0 aliphatic rings. The lowest BCUT2D eigenvalue weighted by molar-refractivity contribution is 0.177. The molecule has 0 fully saturated rings. The lowest BCUT2D eigenvalue weighted by atomic mass is 10.1. The molecule has 1 unspecified atom stereocenters. The van der Waals surface area contributed by atoms with E-state index in [9.17, 15) is 0 Å². The lowest BCUT2D eigenvalue weighted by Gasteiger charge is -2.03. The minimum absolute atomic E-state index is 0.361. The zero-order valence-corrected chi connectivity index (χ0v) is 10.7. The topological polar surface area (TPSA) is 74.2 Å². The zero-order valence-electron chi connectivity index (χ0n) is 9.97. The summed E-state index contributed by atoms with van der Waals surface area (Å²) >= 11 is 5.81. The van der Waals surface area contributed by atoms with E-state index in [1.54, 1.807) is 7.11 Å². The molecule has 1 atom stereocenters. The van der Waals surface area contributed by atoms with Crippen LogP contribution in [-0.4, -0.2) is 23.9 Å². The van der Waals surface area contributed by atoms with Gasteiger partial charge in [0.1, 0.15) is 0 Å². The third-order valence-corrected chi connectivity index (χ3v) is 2.68. The highest BCUT2D eigenvalue weighted by molar-refractivity contribution is 6.30. The van der Waals surface area contributed by atoms with Gasteiger partial charge in [0.2, 0.25) is 5.89 Å². The third kappa shape index (κ3) is 3.29. The fraction of sp³-hybridized carbons (Fsp3) is 0.333. The monoisotopic (exact) mass is 267 g/mol. The molecule has 0 amide bonds.